The van der Waals surface area contributed by atoms with Gasteiger partial charge in [0.05, 0.1) is 6.61 Å². The van der Waals surface area contributed by atoms with Crippen LogP contribution in [0.4, 0.5) is 4.39 Å². The van der Waals surface area contributed by atoms with Crippen LogP contribution in [0.2, 0.25) is 0 Å². The maximum Gasteiger partial charge on any atom is 0.346 e. The lowest BCUT2D eigenvalue weighted by atomic mass is 10.1. The molecular weight excluding hydrogens is 295 g/mol. The standard InChI is InChI=1S/C19H23FO3/c1-3-5-6-7-8-12-22-16-11-10-14-13-15(9-4-2)23-19(21)17(14)18(16)20/h4,10-11,13H,2-3,5-9,12H2,1H3. The highest BCUT2D eigenvalue weighted by atomic mass is 19.1. The molecule has 0 aliphatic heterocycles. The van der Waals surface area contributed by atoms with Gasteiger partial charge >= 0.3 is 5.63 Å². The Hall–Kier alpha value is -2.10. The van der Waals surface area contributed by atoms with Crippen LogP contribution in [0.5, 0.6) is 5.75 Å². The first-order valence-electron chi connectivity index (χ1n) is 8.16. The monoisotopic (exact) mass is 318 g/mol. The van der Waals surface area contributed by atoms with Crippen molar-refractivity contribution in [2.75, 3.05) is 6.61 Å². The number of allylic oxidation sites excluding steroid dienone is 1. The number of rotatable bonds is 9. The van der Waals surface area contributed by atoms with Crippen molar-refractivity contribution in [3.63, 3.8) is 0 Å². The summed E-state index contributed by atoms with van der Waals surface area (Å²) in [5.74, 6) is -0.0618. The summed E-state index contributed by atoms with van der Waals surface area (Å²) in [6.07, 6.45) is 7.57. The summed E-state index contributed by atoms with van der Waals surface area (Å²) in [5, 5.41) is 0.465. The molecule has 23 heavy (non-hydrogen) atoms. The van der Waals surface area contributed by atoms with Gasteiger partial charge < -0.3 is 9.15 Å². The molecule has 0 fully saturated rings. The molecule has 1 aromatic carbocycles. The maximum atomic E-state index is 14.5. The molecule has 3 nitrogen and oxygen atoms in total. The van der Waals surface area contributed by atoms with Crippen molar-refractivity contribution < 1.29 is 13.5 Å². The lowest BCUT2D eigenvalue weighted by Crippen LogP contribution is -2.06. The van der Waals surface area contributed by atoms with Gasteiger partial charge in [-0.15, -0.1) is 6.58 Å². The lowest BCUT2D eigenvalue weighted by molar-refractivity contribution is 0.291. The summed E-state index contributed by atoms with van der Waals surface area (Å²) in [7, 11) is 0. The number of hydrogen-bond acceptors (Lipinski definition) is 3. The summed E-state index contributed by atoms with van der Waals surface area (Å²) >= 11 is 0. The molecule has 0 unspecified atom stereocenters. The Morgan fingerprint density at radius 1 is 1.26 bits per heavy atom. The second-order valence-corrected chi connectivity index (χ2v) is 5.60. The van der Waals surface area contributed by atoms with E-state index in [4.69, 9.17) is 9.15 Å². The van der Waals surface area contributed by atoms with E-state index in [1.54, 1.807) is 24.3 Å². The van der Waals surface area contributed by atoms with Gasteiger partial charge in [-0.2, -0.15) is 0 Å². The van der Waals surface area contributed by atoms with Crippen molar-refractivity contribution in [1.29, 1.82) is 0 Å². The van der Waals surface area contributed by atoms with Crippen LogP contribution in [-0.4, -0.2) is 6.61 Å². The summed E-state index contributed by atoms with van der Waals surface area (Å²) in [4.78, 5) is 12.0. The molecule has 124 valence electrons. The van der Waals surface area contributed by atoms with Crippen LogP contribution >= 0.6 is 0 Å². The van der Waals surface area contributed by atoms with Crippen LogP contribution in [-0.2, 0) is 6.42 Å². The predicted octanol–water partition coefficient (Wildman–Crippen LogP) is 5.01. The van der Waals surface area contributed by atoms with Crippen molar-refractivity contribution in [2.24, 2.45) is 0 Å². The number of fused-ring (bicyclic) bond motifs is 1. The highest BCUT2D eigenvalue weighted by Crippen LogP contribution is 2.25. The highest BCUT2D eigenvalue weighted by molar-refractivity contribution is 5.83. The quantitative estimate of drug-likeness (QED) is 0.482. The Balaban J connectivity index is 2.12. The molecule has 1 aromatic heterocycles. The third-order valence-electron chi connectivity index (χ3n) is 3.73. The highest BCUT2D eigenvalue weighted by Gasteiger charge is 2.14. The molecule has 0 spiro atoms. The number of benzene rings is 1. The van der Waals surface area contributed by atoms with E-state index in [2.05, 4.69) is 13.5 Å². The molecule has 0 amide bonds. The smallest absolute Gasteiger partial charge is 0.346 e. The first-order valence-corrected chi connectivity index (χ1v) is 8.16. The molecule has 2 rings (SSSR count). The van der Waals surface area contributed by atoms with Gasteiger partial charge in [-0.05, 0) is 23.9 Å². The molecule has 0 aliphatic carbocycles. The van der Waals surface area contributed by atoms with Crippen LogP contribution in [0.25, 0.3) is 10.8 Å². The SMILES string of the molecule is C=CCc1cc2ccc(OCCCCCCC)c(F)c2c(=O)o1. The molecule has 0 atom stereocenters. The fourth-order valence-electron chi connectivity index (χ4n) is 2.51. The fourth-order valence-corrected chi connectivity index (χ4v) is 2.51. The number of unbranched alkanes of at least 4 members (excludes halogenated alkanes) is 4. The van der Waals surface area contributed by atoms with E-state index in [0.717, 1.165) is 19.3 Å². The lowest BCUT2D eigenvalue weighted by Gasteiger charge is -2.09. The van der Waals surface area contributed by atoms with E-state index in [0.29, 0.717) is 24.2 Å². The number of halogens is 1. The topological polar surface area (TPSA) is 39.4 Å². The van der Waals surface area contributed by atoms with Gasteiger partial charge in [0.1, 0.15) is 11.1 Å². The molecule has 0 bridgehead atoms. The Morgan fingerprint density at radius 3 is 2.78 bits per heavy atom. The average molecular weight is 318 g/mol. The average Bonchev–Trinajstić information content (AvgIpc) is 2.52. The van der Waals surface area contributed by atoms with Crippen LogP contribution in [0.1, 0.15) is 44.8 Å². The molecule has 0 radical (unpaired) electrons. The molecule has 0 N–H and O–H groups in total. The summed E-state index contributed by atoms with van der Waals surface area (Å²) < 4.78 is 25.1. The van der Waals surface area contributed by atoms with Gasteiger partial charge in [0.2, 0.25) is 0 Å². The van der Waals surface area contributed by atoms with E-state index in [1.807, 2.05) is 0 Å². The first kappa shape index (κ1) is 17.3. The number of hydrogen-bond donors (Lipinski definition) is 0. The fraction of sp³-hybridized carbons (Fsp3) is 0.421. The van der Waals surface area contributed by atoms with Crippen LogP contribution in [0, 0.1) is 5.82 Å². The molecule has 0 saturated heterocycles. The Labute approximate surface area is 135 Å². The minimum Gasteiger partial charge on any atom is -0.490 e. The van der Waals surface area contributed by atoms with E-state index in [1.165, 1.54) is 12.8 Å². The van der Waals surface area contributed by atoms with Gasteiger partial charge in [0.15, 0.2) is 11.6 Å². The maximum absolute atomic E-state index is 14.5. The summed E-state index contributed by atoms with van der Waals surface area (Å²) in [6.45, 7) is 6.21. The zero-order valence-corrected chi connectivity index (χ0v) is 13.6. The molecule has 4 heteroatoms. The van der Waals surface area contributed by atoms with Gasteiger partial charge in [0.25, 0.3) is 0 Å². The second kappa shape index (κ2) is 8.51. The summed E-state index contributed by atoms with van der Waals surface area (Å²) in [6, 6.07) is 4.92. The van der Waals surface area contributed by atoms with Crippen molar-refractivity contribution in [3.05, 3.63) is 52.9 Å². The van der Waals surface area contributed by atoms with Crippen LogP contribution < -0.4 is 10.4 Å². The summed E-state index contributed by atoms with van der Waals surface area (Å²) in [5.41, 5.74) is -0.676. The molecular formula is C19H23FO3. The van der Waals surface area contributed by atoms with Gasteiger partial charge in [-0.25, -0.2) is 9.18 Å². The van der Waals surface area contributed by atoms with Crippen molar-refractivity contribution >= 4 is 10.8 Å². The third-order valence-corrected chi connectivity index (χ3v) is 3.73. The second-order valence-electron chi connectivity index (χ2n) is 5.60. The van der Waals surface area contributed by atoms with Crippen molar-refractivity contribution in [2.45, 2.75) is 45.4 Å². The van der Waals surface area contributed by atoms with Crippen molar-refractivity contribution in [1.82, 2.24) is 0 Å². The third kappa shape index (κ3) is 4.44. The van der Waals surface area contributed by atoms with E-state index in [-0.39, 0.29) is 11.1 Å². The zero-order chi connectivity index (χ0) is 16.7. The zero-order valence-electron chi connectivity index (χ0n) is 13.6. The van der Waals surface area contributed by atoms with Crippen molar-refractivity contribution in [3.8, 4) is 5.75 Å². The van der Waals surface area contributed by atoms with E-state index < -0.39 is 11.4 Å². The van der Waals surface area contributed by atoms with E-state index in [9.17, 15) is 9.18 Å². The predicted molar refractivity (Wildman–Crippen MR) is 90.6 cm³/mol. The number of ether oxygens (including phenoxy) is 1. The molecule has 0 aliphatic rings. The molecule has 0 saturated carbocycles. The first-order chi connectivity index (χ1) is 11.2. The van der Waals surface area contributed by atoms with Gasteiger partial charge in [-0.3, -0.25) is 0 Å². The van der Waals surface area contributed by atoms with Crippen LogP contribution in [0.3, 0.4) is 0 Å². The molecule has 1 heterocycles. The van der Waals surface area contributed by atoms with Gasteiger partial charge in [-0.1, -0.05) is 44.7 Å². The Kier molecular flexibility index (Phi) is 6.39. The van der Waals surface area contributed by atoms with E-state index >= 15 is 0 Å². The molecule has 2 aromatic rings. The van der Waals surface area contributed by atoms with Crippen LogP contribution in [0.15, 0.2) is 40.1 Å². The minimum atomic E-state index is -0.676. The Morgan fingerprint density at radius 2 is 2.04 bits per heavy atom. The normalized spacial score (nSPS) is 10.9. The Bertz CT molecular complexity index is 718. The van der Waals surface area contributed by atoms with Gasteiger partial charge in [0, 0.05) is 6.42 Å². The minimum absolute atomic E-state index is 0.0544. The largest absolute Gasteiger partial charge is 0.490 e.